The van der Waals surface area contributed by atoms with Gasteiger partial charge in [0.15, 0.2) is 6.61 Å². The van der Waals surface area contributed by atoms with Crippen molar-refractivity contribution in [1.82, 2.24) is 4.90 Å². The first-order valence-electron chi connectivity index (χ1n) is 8.24. The summed E-state index contributed by atoms with van der Waals surface area (Å²) in [6.45, 7) is 2.94. The SMILES string of the molecule is CC(=O)Nc1cccc(C(=O)OCC(=O)N(C)C(C)c2ccccc2)c1. The summed E-state index contributed by atoms with van der Waals surface area (Å²) in [5.41, 5.74) is 1.76. The van der Waals surface area contributed by atoms with Crippen molar-refractivity contribution in [2.75, 3.05) is 19.0 Å². The molecule has 26 heavy (non-hydrogen) atoms. The molecule has 6 heteroatoms. The maximum Gasteiger partial charge on any atom is 0.338 e. The number of nitrogens with one attached hydrogen (secondary N) is 1. The second kappa shape index (κ2) is 8.80. The molecule has 2 aromatic rings. The Bertz CT molecular complexity index is 789. The lowest BCUT2D eigenvalue weighted by molar-refractivity contribution is -0.135. The molecular weight excluding hydrogens is 332 g/mol. The van der Waals surface area contributed by atoms with Crippen molar-refractivity contribution in [2.24, 2.45) is 0 Å². The van der Waals surface area contributed by atoms with Crippen LogP contribution in [-0.4, -0.2) is 36.3 Å². The Morgan fingerprint density at radius 2 is 1.77 bits per heavy atom. The molecule has 2 rings (SSSR count). The summed E-state index contributed by atoms with van der Waals surface area (Å²) < 4.78 is 5.11. The topological polar surface area (TPSA) is 75.7 Å². The standard InChI is InChI=1S/C20H22N2O4/c1-14(16-8-5-4-6-9-16)22(3)19(24)13-26-20(25)17-10-7-11-18(12-17)21-15(2)23/h4-12,14H,13H2,1-3H3,(H,21,23). The number of likely N-dealkylation sites (N-methyl/N-ethyl adjacent to an activating group) is 1. The van der Waals surface area contributed by atoms with Crippen LogP contribution in [0.25, 0.3) is 0 Å². The van der Waals surface area contributed by atoms with Gasteiger partial charge < -0.3 is 15.0 Å². The Hall–Kier alpha value is -3.15. The average molecular weight is 354 g/mol. The smallest absolute Gasteiger partial charge is 0.338 e. The van der Waals surface area contributed by atoms with E-state index in [0.29, 0.717) is 5.69 Å². The zero-order valence-corrected chi connectivity index (χ0v) is 15.1. The third kappa shape index (κ3) is 5.17. The van der Waals surface area contributed by atoms with Crippen molar-refractivity contribution in [3.05, 3.63) is 65.7 Å². The highest BCUT2D eigenvalue weighted by Crippen LogP contribution is 2.18. The summed E-state index contributed by atoms with van der Waals surface area (Å²) in [4.78, 5) is 37.1. The first-order valence-corrected chi connectivity index (χ1v) is 8.24. The molecule has 1 N–H and O–H groups in total. The van der Waals surface area contributed by atoms with E-state index in [1.165, 1.54) is 17.9 Å². The minimum Gasteiger partial charge on any atom is -0.452 e. The number of ether oxygens (including phenoxy) is 1. The van der Waals surface area contributed by atoms with Gasteiger partial charge in [0.25, 0.3) is 5.91 Å². The number of carbonyl (C=O) groups excluding carboxylic acids is 3. The van der Waals surface area contributed by atoms with Crippen LogP contribution in [0.15, 0.2) is 54.6 Å². The van der Waals surface area contributed by atoms with Crippen molar-refractivity contribution >= 4 is 23.5 Å². The van der Waals surface area contributed by atoms with E-state index in [2.05, 4.69) is 5.32 Å². The third-order valence-corrected chi connectivity index (χ3v) is 4.00. The second-order valence-electron chi connectivity index (χ2n) is 5.93. The highest BCUT2D eigenvalue weighted by atomic mass is 16.5. The van der Waals surface area contributed by atoms with Gasteiger partial charge in [-0.3, -0.25) is 9.59 Å². The number of benzene rings is 2. The summed E-state index contributed by atoms with van der Waals surface area (Å²) in [6, 6.07) is 15.8. The largest absolute Gasteiger partial charge is 0.452 e. The van der Waals surface area contributed by atoms with Crippen LogP contribution in [0.4, 0.5) is 5.69 Å². The minimum absolute atomic E-state index is 0.134. The van der Waals surface area contributed by atoms with E-state index < -0.39 is 5.97 Å². The molecule has 0 spiro atoms. The minimum atomic E-state index is -0.619. The molecule has 0 radical (unpaired) electrons. The summed E-state index contributed by atoms with van der Waals surface area (Å²) in [5, 5.41) is 2.59. The van der Waals surface area contributed by atoms with Gasteiger partial charge in [-0.15, -0.1) is 0 Å². The van der Waals surface area contributed by atoms with Crippen LogP contribution >= 0.6 is 0 Å². The average Bonchev–Trinajstić information content (AvgIpc) is 2.65. The predicted molar refractivity (Wildman–Crippen MR) is 98.7 cm³/mol. The number of rotatable bonds is 6. The summed E-state index contributed by atoms with van der Waals surface area (Å²) in [6.07, 6.45) is 0. The first kappa shape index (κ1) is 19.2. The number of nitrogens with zero attached hydrogens (tertiary/aromatic N) is 1. The fraction of sp³-hybridized carbons (Fsp3) is 0.250. The van der Waals surface area contributed by atoms with E-state index in [0.717, 1.165) is 5.56 Å². The van der Waals surface area contributed by atoms with E-state index in [-0.39, 0.29) is 30.0 Å². The number of esters is 1. The Labute approximate surface area is 152 Å². The molecule has 0 bridgehead atoms. The summed E-state index contributed by atoms with van der Waals surface area (Å²) >= 11 is 0. The normalized spacial score (nSPS) is 11.3. The molecule has 6 nitrogen and oxygen atoms in total. The van der Waals surface area contributed by atoms with Gasteiger partial charge in [-0.05, 0) is 30.7 Å². The Balaban J connectivity index is 1.94. The Morgan fingerprint density at radius 3 is 2.42 bits per heavy atom. The lowest BCUT2D eigenvalue weighted by Gasteiger charge is -2.25. The van der Waals surface area contributed by atoms with Crippen LogP contribution < -0.4 is 5.32 Å². The van der Waals surface area contributed by atoms with Gasteiger partial charge in [0, 0.05) is 19.7 Å². The predicted octanol–water partition coefficient (Wildman–Crippen LogP) is 3.02. The van der Waals surface area contributed by atoms with Gasteiger partial charge in [-0.1, -0.05) is 36.4 Å². The maximum absolute atomic E-state index is 12.3. The van der Waals surface area contributed by atoms with Crippen LogP contribution in [0.1, 0.15) is 35.8 Å². The molecule has 1 unspecified atom stereocenters. The Morgan fingerprint density at radius 1 is 1.08 bits per heavy atom. The number of hydrogen-bond acceptors (Lipinski definition) is 4. The van der Waals surface area contributed by atoms with Crippen molar-refractivity contribution in [3.8, 4) is 0 Å². The molecule has 0 aliphatic heterocycles. The first-order chi connectivity index (χ1) is 12.4. The van der Waals surface area contributed by atoms with Gasteiger partial charge >= 0.3 is 5.97 Å². The van der Waals surface area contributed by atoms with Gasteiger partial charge in [-0.2, -0.15) is 0 Å². The van der Waals surface area contributed by atoms with Crippen molar-refractivity contribution in [3.63, 3.8) is 0 Å². The molecule has 2 amide bonds. The molecule has 136 valence electrons. The van der Waals surface area contributed by atoms with E-state index in [9.17, 15) is 14.4 Å². The summed E-state index contributed by atoms with van der Waals surface area (Å²) in [7, 11) is 1.67. The highest BCUT2D eigenvalue weighted by Gasteiger charge is 2.19. The van der Waals surface area contributed by atoms with Crippen molar-refractivity contribution in [1.29, 1.82) is 0 Å². The molecule has 0 aliphatic rings. The Kier molecular flexibility index (Phi) is 6.49. The zero-order chi connectivity index (χ0) is 19.1. The number of amides is 2. The van der Waals surface area contributed by atoms with E-state index in [1.54, 1.807) is 25.2 Å². The molecular formula is C20H22N2O4. The monoisotopic (exact) mass is 354 g/mol. The summed E-state index contributed by atoms with van der Waals surface area (Å²) in [5.74, 6) is -1.15. The third-order valence-electron chi connectivity index (χ3n) is 4.00. The second-order valence-corrected chi connectivity index (χ2v) is 5.93. The van der Waals surface area contributed by atoms with Gasteiger partial charge in [0.1, 0.15) is 0 Å². The maximum atomic E-state index is 12.3. The van der Waals surface area contributed by atoms with Crippen LogP contribution in [0.5, 0.6) is 0 Å². The fourth-order valence-electron chi connectivity index (χ4n) is 2.41. The van der Waals surface area contributed by atoms with Gasteiger partial charge in [0.2, 0.25) is 5.91 Å². The van der Waals surface area contributed by atoms with E-state index >= 15 is 0 Å². The number of carbonyl (C=O) groups is 3. The lowest BCUT2D eigenvalue weighted by Crippen LogP contribution is -2.33. The molecule has 0 saturated heterocycles. The van der Waals surface area contributed by atoms with Crippen LogP contribution in [-0.2, 0) is 14.3 Å². The fourth-order valence-corrected chi connectivity index (χ4v) is 2.41. The number of hydrogen-bond donors (Lipinski definition) is 1. The van der Waals surface area contributed by atoms with Crippen molar-refractivity contribution in [2.45, 2.75) is 19.9 Å². The molecule has 0 saturated carbocycles. The molecule has 1 atom stereocenters. The van der Waals surface area contributed by atoms with E-state index in [1.807, 2.05) is 37.3 Å². The van der Waals surface area contributed by atoms with Gasteiger partial charge in [0.05, 0.1) is 11.6 Å². The van der Waals surface area contributed by atoms with Gasteiger partial charge in [-0.25, -0.2) is 4.79 Å². The van der Waals surface area contributed by atoms with E-state index in [4.69, 9.17) is 4.74 Å². The molecule has 0 fully saturated rings. The van der Waals surface area contributed by atoms with Crippen LogP contribution in [0.2, 0.25) is 0 Å². The van der Waals surface area contributed by atoms with Crippen LogP contribution in [0.3, 0.4) is 0 Å². The quantitative estimate of drug-likeness (QED) is 0.809. The molecule has 0 aliphatic carbocycles. The molecule has 2 aromatic carbocycles. The molecule has 0 aromatic heterocycles. The lowest BCUT2D eigenvalue weighted by atomic mass is 10.1. The number of anilines is 1. The van der Waals surface area contributed by atoms with Crippen LogP contribution in [0, 0.1) is 0 Å². The zero-order valence-electron chi connectivity index (χ0n) is 15.1. The highest BCUT2D eigenvalue weighted by molar-refractivity contribution is 5.94. The molecule has 0 heterocycles. The van der Waals surface area contributed by atoms with Crippen molar-refractivity contribution < 1.29 is 19.1 Å².